The Labute approximate surface area is 148 Å². The fourth-order valence-corrected chi connectivity index (χ4v) is 3.87. The van der Waals surface area contributed by atoms with Crippen LogP contribution in [-0.2, 0) is 18.9 Å². The number of likely N-dealkylation sites (tertiary alicyclic amines) is 1. The topological polar surface area (TPSA) is 59.3 Å². The number of nitrogens with zero attached hydrogens (tertiary/aromatic N) is 3. The van der Waals surface area contributed by atoms with E-state index in [1.807, 2.05) is 30.0 Å². The summed E-state index contributed by atoms with van der Waals surface area (Å²) in [6.07, 6.45) is 4.42. The van der Waals surface area contributed by atoms with E-state index in [-0.39, 0.29) is 17.6 Å². The third kappa shape index (κ3) is 3.17. The van der Waals surface area contributed by atoms with Crippen LogP contribution >= 0.6 is 0 Å². The first-order valence-corrected chi connectivity index (χ1v) is 9.16. The lowest BCUT2D eigenvalue weighted by Crippen LogP contribution is -2.49. The molecular weight excluding hydrogens is 316 g/mol. The Morgan fingerprint density at radius 2 is 1.96 bits per heavy atom. The van der Waals surface area contributed by atoms with Crippen LogP contribution in [0.4, 0.5) is 5.69 Å². The summed E-state index contributed by atoms with van der Waals surface area (Å²) in [6, 6.07) is 5.87. The van der Waals surface area contributed by atoms with Gasteiger partial charge >= 0.3 is 5.69 Å². The van der Waals surface area contributed by atoms with Crippen LogP contribution in [0.15, 0.2) is 23.0 Å². The Balaban J connectivity index is 1.79. The van der Waals surface area contributed by atoms with E-state index in [0.29, 0.717) is 6.04 Å². The highest BCUT2D eigenvalue weighted by Crippen LogP contribution is 2.22. The highest BCUT2D eigenvalue weighted by Gasteiger charge is 2.28. The van der Waals surface area contributed by atoms with E-state index in [1.54, 1.807) is 23.2 Å². The smallest absolute Gasteiger partial charge is 0.328 e. The molecule has 6 heteroatoms. The number of carbonyl (C=O) groups is 1. The van der Waals surface area contributed by atoms with Crippen molar-refractivity contribution in [2.24, 2.45) is 14.1 Å². The summed E-state index contributed by atoms with van der Waals surface area (Å²) < 4.78 is 3.26. The molecule has 1 saturated heterocycles. The molecule has 1 fully saturated rings. The summed E-state index contributed by atoms with van der Waals surface area (Å²) in [4.78, 5) is 27.0. The monoisotopic (exact) mass is 344 g/mol. The lowest BCUT2D eigenvalue weighted by Gasteiger charge is -2.37. The molecule has 2 heterocycles. The second kappa shape index (κ2) is 6.94. The summed E-state index contributed by atoms with van der Waals surface area (Å²) in [5.74, 6) is 0.161. The van der Waals surface area contributed by atoms with Gasteiger partial charge in [-0.3, -0.25) is 13.9 Å². The highest BCUT2D eigenvalue weighted by atomic mass is 16.2. The van der Waals surface area contributed by atoms with Crippen LogP contribution in [0.1, 0.15) is 39.5 Å². The molecule has 25 heavy (non-hydrogen) atoms. The van der Waals surface area contributed by atoms with E-state index in [1.165, 1.54) is 6.42 Å². The number of anilines is 1. The number of aryl methyl sites for hydroxylation is 2. The Morgan fingerprint density at radius 1 is 1.24 bits per heavy atom. The first-order chi connectivity index (χ1) is 11.9. The number of carbonyl (C=O) groups excluding carboxylic acids is 1. The molecule has 0 radical (unpaired) electrons. The molecule has 2 aromatic rings. The van der Waals surface area contributed by atoms with Crippen LogP contribution in [0.2, 0.25) is 0 Å². The van der Waals surface area contributed by atoms with Crippen molar-refractivity contribution in [3.8, 4) is 0 Å². The molecule has 1 aliphatic heterocycles. The predicted molar refractivity (Wildman–Crippen MR) is 101 cm³/mol. The van der Waals surface area contributed by atoms with Gasteiger partial charge in [0, 0.05) is 32.4 Å². The van der Waals surface area contributed by atoms with Crippen LogP contribution in [0.25, 0.3) is 11.0 Å². The number of amides is 1. The Kier molecular flexibility index (Phi) is 4.88. The lowest BCUT2D eigenvalue weighted by molar-refractivity contribution is -0.135. The maximum absolute atomic E-state index is 12.9. The number of nitrogens with one attached hydrogen (secondary N) is 1. The predicted octanol–water partition coefficient (Wildman–Crippen LogP) is 2.47. The minimum atomic E-state index is -0.287. The number of hydrogen-bond acceptors (Lipinski definition) is 3. The Morgan fingerprint density at radius 3 is 2.68 bits per heavy atom. The third-order valence-corrected chi connectivity index (χ3v) is 5.41. The minimum Gasteiger partial charge on any atom is -0.374 e. The second-order valence-corrected chi connectivity index (χ2v) is 7.06. The van der Waals surface area contributed by atoms with Gasteiger partial charge in [-0.1, -0.05) is 6.92 Å². The van der Waals surface area contributed by atoms with Crippen molar-refractivity contribution in [1.29, 1.82) is 0 Å². The third-order valence-electron chi connectivity index (χ3n) is 5.41. The normalized spacial score (nSPS) is 19.2. The first kappa shape index (κ1) is 17.6. The van der Waals surface area contributed by atoms with Crippen LogP contribution < -0.4 is 11.0 Å². The number of imidazole rings is 1. The average Bonchev–Trinajstić information content (AvgIpc) is 2.85. The number of rotatable bonds is 4. The average molecular weight is 344 g/mol. The zero-order valence-corrected chi connectivity index (χ0v) is 15.6. The number of fused-ring (bicyclic) bond motifs is 1. The highest BCUT2D eigenvalue weighted by molar-refractivity contribution is 5.86. The van der Waals surface area contributed by atoms with Gasteiger partial charge in [0.1, 0.15) is 6.04 Å². The molecule has 0 spiro atoms. The van der Waals surface area contributed by atoms with Crippen LogP contribution in [0.3, 0.4) is 0 Å². The minimum absolute atomic E-state index is 0.0459. The van der Waals surface area contributed by atoms with Gasteiger partial charge in [0.05, 0.1) is 11.0 Å². The molecule has 1 amide bonds. The van der Waals surface area contributed by atoms with Crippen molar-refractivity contribution >= 4 is 22.6 Å². The molecule has 6 nitrogen and oxygen atoms in total. The second-order valence-electron chi connectivity index (χ2n) is 7.06. The Bertz CT molecular complexity index is 836. The lowest BCUT2D eigenvalue weighted by atomic mass is 9.99. The van der Waals surface area contributed by atoms with Crippen LogP contribution in [0, 0.1) is 0 Å². The van der Waals surface area contributed by atoms with Crippen molar-refractivity contribution in [1.82, 2.24) is 14.0 Å². The molecule has 1 aromatic heterocycles. The van der Waals surface area contributed by atoms with Crippen molar-refractivity contribution in [2.75, 3.05) is 11.9 Å². The van der Waals surface area contributed by atoms with Gasteiger partial charge in [-0.25, -0.2) is 4.79 Å². The van der Waals surface area contributed by atoms with E-state index < -0.39 is 0 Å². The van der Waals surface area contributed by atoms with E-state index in [4.69, 9.17) is 0 Å². The zero-order valence-electron chi connectivity index (χ0n) is 15.6. The van der Waals surface area contributed by atoms with E-state index in [0.717, 1.165) is 42.5 Å². The van der Waals surface area contributed by atoms with Crippen molar-refractivity contribution in [2.45, 2.75) is 51.6 Å². The van der Waals surface area contributed by atoms with Crippen molar-refractivity contribution in [3.05, 3.63) is 28.7 Å². The number of benzene rings is 1. The van der Waals surface area contributed by atoms with Gasteiger partial charge in [0.2, 0.25) is 5.91 Å². The molecule has 1 aliphatic rings. The quantitative estimate of drug-likeness (QED) is 0.927. The fraction of sp³-hybridized carbons (Fsp3) is 0.579. The van der Waals surface area contributed by atoms with E-state index >= 15 is 0 Å². The summed E-state index contributed by atoms with van der Waals surface area (Å²) in [6.45, 7) is 4.92. The maximum Gasteiger partial charge on any atom is 0.328 e. The van der Waals surface area contributed by atoms with Gasteiger partial charge < -0.3 is 10.2 Å². The largest absolute Gasteiger partial charge is 0.374 e. The number of aromatic nitrogens is 2. The molecule has 0 aliphatic carbocycles. The first-order valence-electron chi connectivity index (χ1n) is 9.16. The van der Waals surface area contributed by atoms with Gasteiger partial charge in [-0.2, -0.15) is 0 Å². The van der Waals surface area contributed by atoms with Gasteiger partial charge in [0.15, 0.2) is 0 Å². The van der Waals surface area contributed by atoms with Crippen LogP contribution in [0.5, 0.6) is 0 Å². The molecular formula is C19H28N4O2. The molecule has 1 N–H and O–H groups in total. The van der Waals surface area contributed by atoms with Crippen molar-refractivity contribution < 1.29 is 4.79 Å². The molecule has 1 aromatic carbocycles. The van der Waals surface area contributed by atoms with E-state index in [9.17, 15) is 9.59 Å². The zero-order chi connectivity index (χ0) is 18.1. The molecule has 3 rings (SSSR count). The maximum atomic E-state index is 12.9. The Hall–Kier alpha value is -2.24. The number of piperidine rings is 1. The van der Waals surface area contributed by atoms with E-state index in [2.05, 4.69) is 12.2 Å². The molecule has 0 bridgehead atoms. The summed E-state index contributed by atoms with van der Waals surface area (Å²) in [5.41, 5.74) is 2.57. The molecule has 0 unspecified atom stereocenters. The SMILES string of the molecule is CC[C@H]1CCCCN1C(=O)[C@H](C)Nc1ccc2c(c1)n(C)c(=O)n2C. The summed E-state index contributed by atoms with van der Waals surface area (Å²) in [5, 5.41) is 3.32. The summed E-state index contributed by atoms with van der Waals surface area (Å²) in [7, 11) is 3.54. The standard InChI is InChI=1S/C19H28N4O2/c1-5-15-8-6-7-11-23(15)18(24)13(2)20-14-9-10-16-17(12-14)22(4)19(25)21(16)3/h9-10,12-13,15,20H,5-8,11H2,1-4H3/t13-,15-/m0/s1. The van der Waals surface area contributed by atoms with Gasteiger partial charge in [-0.15, -0.1) is 0 Å². The van der Waals surface area contributed by atoms with Gasteiger partial charge in [-0.05, 0) is 50.8 Å². The summed E-state index contributed by atoms with van der Waals surface area (Å²) >= 11 is 0. The van der Waals surface area contributed by atoms with Gasteiger partial charge in [0.25, 0.3) is 0 Å². The fourth-order valence-electron chi connectivity index (χ4n) is 3.87. The van der Waals surface area contributed by atoms with Crippen LogP contribution in [-0.4, -0.2) is 38.6 Å². The molecule has 0 saturated carbocycles. The molecule has 136 valence electrons. The van der Waals surface area contributed by atoms with Crippen molar-refractivity contribution in [3.63, 3.8) is 0 Å². The molecule has 2 atom stereocenters. The number of hydrogen-bond donors (Lipinski definition) is 1.